The van der Waals surface area contributed by atoms with E-state index >= 15 is 0 Å². The van der Waals surface area contributed by atoms with Gasteiger partial charge in [0.25, 0.3) is 6.29 Å². The Labute approximate surface area is 425 Å². The van der Waals surface area contributed by atoms with E-state index in [0.29, 0.717) is 11.0 Å². The highest BCUT2D eigenvalue weighted by atomic mass is 16.7. The maximum Gasteiger partial charge on any atom is 0.361 e. The summed E-state index contributed by atoms with van der Waals surface area (Å²) in [6, 6.07) is 0. The summed E-state index contributed by atoms with van der Waals surface area (Å²) in [4.78, 5) is 37.3. The van der Waals surface area contributed by atoms with Gasteiger partial charge in [-0.3, -0.25) is 9.59 Å². The second-order valence-electron chi connectivity index (χ2n) is 20.2. The SMILES string of the molecule is CCC/C=C\C/C=C\CCCCCCCC(=O)OCC(COC(OCC[N+](C)(C)C)C(=O)O)OC(=O)CCCCCCCCCCCCCCCCCC/C=C\C/C=C\C/C=C\CCCCCCC. The number of carboxylic acids is 1. The fourth-order valence-corrected chi connectivity index (χ4v) is 7.82. The molecule has 0 saturated heterocycles. The maximum absolute atomic E-state index is 12.8. The molecule has 2 atom stereocenters. The number of carboxylic acid groups (broad SMARTS) is 1. The number of carbonyl (C=O) groups excluding carboxylic acids is 2. The van der Waals surface area contributed by atoms with Crippen LogP contribution in [0.4, 0.5) is 0 Å². The molecule has 0 saturated carbocycles. The Morgan fingerprint density at radius 1 is 0.435 bits per heavy atom. The van der Waals surface area contributed by atoms with Crippen molar-refractivity contribution in [1.82, 2.24) is 0 Å². The maximum atomic E-state index is 12.8. The Kier molecular flexibility index (Phi) is 49.1. The van der Waals surface area contributed by atoms with E-state index in [-0.39, 0.29) is 38.6 Å². The van der Waals surface area contributed by atoms with Gasteiger partial charge in [-0.05, 0) is 77.0 Å². The molecule has 0 heterocycles. The lowest BCUT2D eigenvalue weighted by Crippen LogP contribution is -2.40. The lowest BCUT2D eigenvalue weighted by Gasteiger charge is -2.25. The van der Waals surface area contributed by atoms with Crippen LogP contribution in [0.3, 0.4) is 0 Å². The molecule has 0 aromatic carbocycles. The Morgan fingerprint density at radius 2 is 0.812 bits per heavy atom. The number of hydrogen-bond acceptors (Lipinski definition) is 7. The van der Waals surface area contributed by atoms with E-state index in [0.717, 1.165) is 83.5 Å². The molecule has 0 aliphatic carbocycles. The van der Waals surface area contributed by atoms with Gasteiger partial charge in [-0.1, -0.05) is 216 Å². The van der Waals surface area contributed by atoms with Crippen molar-refractivity contribution in [3.05, 3.63) is 60.8 Å². The largest absolute Gasteiger partial charge is 0.477 e. The number of nitrogens with zero attached hydrogens (tertiary/aromatic N) is 1. The Balaban J connectivity index is 4.13. The number of rotatable bonds is 52. The van der Waals surface area contributed by atoms with Crippen LogP contribution in [0.5, 0.6) is 0 Å². The van der Waals surface area contributed by atoms with Gasteiger partial charge in [-0.15, -0.1) is 0 Å². The van der Waals surface area contributed by atoms with Crippen molar-refractivity contribution in [3.63, 3.8) is 0 Å². The summed E-state index contributed by atoms with van der Waals surface area (Å²) in [7, 11) is 5.96. The number of quaternary nitrogens is 1. The lowest BCUT2D eigenvalue weighted by molar-refractivity contribution is -0.870. The summed E-state index contributed by atoms with van der Waals surface area (Å²) in [5, 5.41) is 9.68. The molecule has 0 spiro atoms. The number of likely N-dealkylation sites (N-methyl/N-ethyl adjacent to an activating group) is 1. The molecule has 0 rings (SSSR count). The standard InChI is InChI=1S/C60H107NO8/c1-6-8-10-12-14-16-18-20-21-22-23-24-25-26-27-28-29-30-31-32-33-34-35-36-37-39-41-43-45-47-49-51-58(63)69-56(55-68-60(59(64)65)66-53-52-61(3,4)5)54-67-57(62)50-48-46-44-42-40-38-19-17-15-13-11-9-7-2/h11,13,17-20,22-23,25-26,56,60H,6-10,12,14-16,21,24,27-55H2,1-5H3/p+1/b13-11-,19-17-,20-18-,23-22-,26-25-. The summed E-state index contributed by atoms with van der Waals surface area (Å²) < 4.78 is 22.8. The van der Waals surface area contributed by atoms with Crippen molar-refractivity contribution in [2.45, 2.75) is 257 Å². The normalized spacial score (nSPS) is 13.2. The molecule has 0 radical (unpaired) electrons. The molecule has 1 N–H and O–H groups in total. The number of unbranched alkanes of at least 4 members (excludes halogenated alkanes) is 27. The summed E-state index contributed by atoms with van der Waals surface area (Å²) in [5.41, 5.74) is 0. The van der Waals surface area contributed by atoms with E-state index in [4.69, 9.17) is 18.9 Å². The van der Waals surface area contributed by atoms with E-state index in [1.54, 1.807) is 0 Å². The molecule has 0 aliphatic heterocycles. The van der Waals surface area contributed by atoms with Crippen LogP contribution in [0.2, 0.25) is 0 Å². The summed E-state index contributed by atoms with van der Waals surface area (Å²) in [5.74, 6) is -2.02. The highest BCUT2D eigenvalue weighted by molar-refractivity contribution is 5.71. The van der Waals surface area contributed by atoms with E-state index in [2.05, 4.69) is 74.6 Å². The van der Waals surface area contributed by atoms with Crippen molar-refractivity contribution >= 4 is 17.9 Å². The first-order valence-electron chi connectivity index (χ1n) is 28.5. The minimum atomic E-state index is -1.51. The van der Waals surface area contributed by atoms with Crippen LogP contribution in [0, 0.1) is 0 Å². The van der Waals surface area contributed by atoms with Crippen molar-refractivity contribution in [3.8, 4) is 0 Å². The van der Waals surface area contributed by atoms with Gasteiger partial charge in [0.15, 0.2) is 6.10 Å². The zero-order valence-corrected chi connectivity index (χ0v) is 45.5. The molecular formula is C60H108NO8+. The zero-order chi connectivity index (χ0) is 50.6. The molecule has 0 aromatic rings. The molecule has 69 heavy (non-hydrogen) atoms. The summed E-state index contributed by atoms with van der Waals surface area (Å²) in [6.45, 7) is 4.79. The van der Waals surface area contributed by atoms with E-state index in [1.807, 2.05) is 21.1 Å². The number of hydrogen-bond donors (Lipinski definition) is 1. The van der Waals surface area contributed by atoms with Gasteiger partial charge < -0.3 is 28.5 Å². The molecule has 0 bridgehead atoms. The molecule has 0 fully saturated rings. The third-order valence-electron chi connectivity index (χ3n) is 12.2. The smallest absolute Gasteiger partial charge is 0.361 e. The molecule has 400 valence electrons. The molecular weight excluding hydrogens is 863 g/mol. The minimum Gasteiger partial charge on any atom is -0.477 e. The van der Waals surface area contributed by atoms with Crippen LogP contribution in [0.25, 0.3) is 0 Å². The van der Waals surface area contributed by atoms with Gasteiger partial charge in [0, 0.05) is 12.8 Å². The van der Waals surface area contributed by atoms with Crippen LogP contribution in [0.1, 0.15) is 245 Å². The van der Waals surface area contributed by atoms with Gasteiger partial charge in [-0.25, -0.2) is 4.79 Å². The van der Waals surface area contributed by atoms with Gasteiger partial charge in [0.2, 0.25) is 0 Å². The average Bonchev–Trinajstić information content (AvgIpc) is 3.31. The molecule has 9 nitrogen and oxygen atoms in total. The predicted octanol–water partition coefficient (Wildman–Crippen LogP) is 16.5. The van der Waals surface area contributed by atoms with Crippen LogP contribution in [0.15, 0.2) is 60.8 Å². The second kappa shape index (κ2) is 51.3. The lowest BCUT2D eigenvalue weighted by atomic mass is 10.0. The first-order valence-corrected chi connectivity index (χ1v) is 28.5. The first kappa shape index (κ1) is 66.0. The summed E-state index contributed by atoms with van der Waals surface area (Å²) in [6.07, 6.45) is 61.7. The number of aliphatic carboxylic acids is 1. The Hall–Kier alpha value is -3.01. The molecule has 0 aromatic heterocycles. The fourth-order valence-electron chi connectivity index (χ4n) is 7.82. The Bertz CT molecular complexity index is 1310. The monoisotopic (exact) mass is 971 g/mol. The topological polar surface area (TPSA) is 108 Å². The van der Waals surface area contributed by atoms with E-state index < -0.39 is 24.3 Å². The van der Waals surface area contributed by atoms with Gasteiger partial charge in [0.05, 0.1) is 34.4 Å². The fraction of sp³-hybridized carbons (Fsp3) is 0.783. The van der Waals surface area contributed by atoms with Crippen LogP contribution >= 0.6 is 0 Å². The highest BCUT2D eigenvalue weighted by Gasteiger charge is 2.25. The minimum absolute atomic E-state index is 0.184. The van der Waals surface area contributed by atoms with Crippen LogP contribution < -0.4 is 0 Å². The second-order valence-corrected chi connectivity index (χ2v) is 20.2. The first-order chi connectivity index (χ1) is 33.6. The van der Waals surface area contributed by atoms with E-state index in [1.165, 1.54) is 135 Å². The molecule has 9 heteroatoms. The quantitative estimate of drug-likeness (QED) is 0.0211. The molecule has 2 unspecified atom stereocenters. The van der Waals surface area contributed by atoms with Crippen molar-refractivity contribution < 1.29 is 42.9 Å². The summed E-state index contributed by atoms with van der Waals surface area (Å²) >= 11 is 0. The number of ether oxygens (including phenoxy) is 4. The van der Waals surface area contributed by atoms with Crippen molar-refractivity contribution in [2.24, 2.45) is 0 Å². The molecule has 0 amide bonds. The van der Waals surface area contributed by atoms with E-state index in [9.17, 15) is 19.5 Å². The van der Waals surface area contributed by atoms with Gasteiger partial charge >= 0.3 is 17.9 Å². The third-order valence-corrected chi connectivity index (χ3v) is 12.2. The average molecular weight is 972 g/mol. The Morgan fingerprint density at radius 3 is 1.22 bits per heavy atom. The number of carbonyl (C=O) groups is 3. The van der Waals surface area contributed by atoms with Crippen LogP contribution in [-0.2, 0) is 33.3 Å². The third kappa shape index (κ3) is 52.6. The van der Waals surface area contributed by atoms with Crippen molar-refractivity contribution in [1.29, 1.82) is 0 Å². The highest BCUT2D eigenvalue weighted by Crippen LogP contribution is 2.16. The van der Waals surface area contributed by atoms with Crippen LogP contribution in [-0.4, -0.2) is 87.4 Å². The number of allylic oxidation sites excluding steroid dienone is 10. The molecule has 0 aliphatic rings. The predicted molar refractivity (Wildman–Crippen MR) is 290 cm³/mol. The zero-order valence-electron chi connectivity index (χ0n) is 45.5. The van der Waals surface area contributed by atoms with Gasteiger partial charge in [0.1, 0.15) is 13.2 Å². The van der Waals surface area contributed by atoms with Gasteiger partial charge in [-0.2, -0.15) is 0 Å². The van der Waals surface area contributed by atoms with Crippen molar-refractivity contribution in [2.75, 3.05) is 47.5 Å². The number of esters is 2.